The van der Waals surface area contributed by atoms with E-state index >= 15 is 0 Å². The van der Waals surface area contributed by atoms with Crippen LogP contribution in [0, 0.1) is 0 Å². The van der Waals surface area contributed by atoms with Gasteiger partial charge in [0.2, 0.25) is 5.95 Å². The van der Waals surface area contributed by atoms with E-state index < -0.39 is 25.6 Å². The van der Waals surface area contributed by atoms with Crippen LogP contribution in [-0.2, 0) is 25.1 Å². The third kappa shape index (κ3) is 15.9. The molecule has 236 valence electrons. The van der Waals surface area contributed by atoms with Crippen molar-refractivity contribution in [1.82, 2.24) is 19.5 Å². The summed E-state index contributed by atoms with van der Waals surface area (Å²) in [7, 11) is -3.91. The number of nitrogens with two attached hydrogens (primary N) is 1. The first-order valence-electron chi connectivity index (χ1n) is 15.7. The summed E-state index contributed by atoms with van der Waals surface area (Å²) in [6.07, 6.45) is 21.8. The highest BCUT2D eigenvalue weighted by atomic mass is 31.2. The van der Waals surface area contributed by atoms with Gasteiger partial charge >= 0.3 is 7.60 Å². The van der Waals surface area contributed by atoms with Crippen LogP contribution in [-0.4, -0.2) is 56.7 Å². The van der Waals surface area contributed by atoms with Gasteiger partial charge in [0, 0.05) is 6.61 Å². The standard InChI is InChI=1S/C29H54N5O6P/c1-3-4-5-6-7-8-9-10-11-12-13-14-15-16-17-18-19-38-20-21-40-41(36,37)24-39-25(2)22-34-23-31-26-27(34)32-29(30)33-28(26)35/h23,25H,3-22,24H2,1-2H3,(H,36,37)(H3,30,32,33,35). The summed E-state index contributed by atoms with van der Waals surface area (Å²) in [4.78, 5) is 32.5. The Morgan fingerprint density at radius 2 is 1.49 bits per heavy atom. The summed E-state index contributed by atoms with van der Waals surface area (Å²) in [5, 5.41) is 0. The summed E-state index contributed by atoms with van der Waals surface area (Å²) in [5.41, 5.74) is 5.68. The molecular weight excluding hydrogens is 545 g/mol. The second-order valence-corrected chi connectivity index (χ2v) is 12.8. The lowest BCUT2D eigenvalue weighted by Crippen LogP contribution is -2.19. The molecule has 2 atom stereocenters. The van der Waals surface area contributed by atoms with Crippen molar-refractivity contribution in [3.63, 3.8) is 0 Å². The second-order valence-electron chi connectivity index (χ2n) is 11.0. The Bertz CT molecular complexity index is 1060. The molecule has 0 radical (unpaired) electrons. The number of nitrogens with one attached hydrogen (secondary N) is 1. The van der Waals surface area contributed by atoms with Gasteiger partial charge in [0.25, 0.3) is 5.56 Å². The van der Waals surface area contributed by atoms with E-state index in [2.05, 4.69) is 21.9 Å². The number of imidazole rings is 1. The Kier molecular flexibility index (Phi) is 18.1. The van der Waals surface area contributed by atoms with Crippen LogP contribution < -0.4 is 11.3 Å². The maximum absolute atomic E-state index is 12.3. The lowest BCUT2D eigenvalue weighted by molar-refractivity contribution is 0.0610. The van der Waals surface area contributed by atoms with Crippen molar-refractivity contribution in [2.45, 2.75) is 129 Å². The molecule has 0 aliphatic carbocycles. The Morgan fingerprint density at radius 3 is 2.07 bits per heavy atom. The zero-order valence-corrected chi connectivity index (χ0v) is 26.3. The van der Waals surface area contributed by atoms with Crippen LogP contribution in [0.4, 0.5) is 5.95 Å². The maximum atomic E-state index is 12.3. The highest BCUT2D eigenvalue weighted by Gasteiger charge is 2.22. The van der Waals surface area contributed by atoms with Crippen molar-refractivity contribution in [2.24, 2.45) is 0 Å². The summed E-state index contributed by atoms with van der Waals surface area (Å²) >= 11 is 0. The third-order valence-electron chi connectivity index (χ3n) is 7.13. The van der Waals surface area contributed by atoms with Crippen molar-refractivity contribution < 1.29 is 23.5 Å². The summed E-state index contributed by atoms with van der Waals surface area (Å²) < 4.78 is 30.1. The molecule has 2 rings (SSSR count). The minimum atomic E-state index is -3.91. The summed E-state index contributed by atoms with van der Waals surface area (Å²) in [6, 6.07) is 0. The van der Waals surface area contributed by atoms with Crippen molar-refractivity contribution in [1.29, 1.82) is 0 Å². The maximum Gasteiger partial charge on any atom is 0.353 e. The lowest BCUT2D eigenvalue weighted by Gasteiger charge is -2.17. The molecule has 0 saturated carbocycles. The number of nitrogen functional groups attached to an aromatic ring is 1. The van der Waals surface area contributed by atoms with Gasteiger partial charge < -0.3 is 29.2 Å². The van der Waals surface area contributed by atoms with Crippen molar-refractivity contribution in [2.75, 3.05) is 31.9 Å². The quantitative estimate of drug-likeness (QED) is 0.0807. The molecule has 4 N–H and O–H groups in total. The Labute approximate surface area is 245 Å². The highest BCUT2D eigenvalue weighted by Crippen LogP contribution is 2.41. The number of nitrogens with zero attached hydrogens (tertiary/aromatic N) is 3. The van der Waals surface area contributed by atoms with E-state index in [9.17, 15) is 14.3 Å². The van der Waals surface area contributed by atoms with Gasteiger partial charge in [0.15, 0.2) is 11.2 Å². The topological polar surface area (TPSA) is 155 Å². The first-order valence-corrected chi connectivity index (χ1v) is 17.4. The molecule has 2 aromatic heterocycles. The fourth-order valence-corrected chi connectivity index (χ4v) is 5.66. The number of hydrogen-bond donors (Lipinski definition) is 3. The number of ether oxygens (including phenoxy) is 2. The van der Waals surface area contributed by atoms with Gasteiger partial charge in [-0.25, -0.2) is 4.98 Å². The number of rotatable bonds is 26. The number of aromatic amines is 1. The Hall–Kier alpha value is -1.78. The third-order valence-corrected chi connectivity index (χ3v) is 8.19. The van der Waals surface area contributed by atoms with Gasteiger partial charge in [-0.3, -0.25) is 14.3 Å². The van der Waals surface area contributed by atoms with Gasteiger partial charge in [-0.1, -0.05) is 103 Å². The average molecular weight is 600 g/mol. The zero-order chi connectivity index (χ0) is 29.8. The smallest absolute Gasteiger partial charge is 0.353 e. The van der Waals surface area contributed by atoms with E-state index in [0.717, 1.165) is 12.8 Å². The van der Waals surface area contributed by atoms with E-state index in [0.29, 0.717) is 12.3 Å². The summed E-state index contributed by atoms with van der Waals surface area (Å²) in [5.74, 6) is -0.0110. The number of aromatic nitrogens is 4. The second kappa shape index (κ2) is 21.0. The SMILES string of the molecule is CCCCCCCCCCCCCCCCCCOCCOP(=O)(O)COC(C)Cn1cnc2c(=O)[nH]c(N)nc21. The lowest BCUT2D eigenvalue weighted by atomic mass is 10.0. The van der Waals surface area contributed by atoms with Gasteiger partial charge in [-0.15, -0.1) is 0 Å². The Balaban J connectivity index is 1.39. The molecule has 2 aromatic rings. The van der Waals surface area contributed by atoms with E-state index in [4.69, 9.17) is 19.7 Å². The van der Waals surface area contributed by atoms with Crippen LogP contribution in [0.3, 0.4) is 0 Å². The van der Waals surface area contributed by atoms with Crippen LogP contribution in [0.1, 0.15) is 117 Å². The van der Waals surface area contributed by atoms with E-state index in [1.165, 1.54) is 96.2 Å². The van der Waals surface area contributed by atoms with E-state index in [1.807, 2.05) is 0 Å². The van der Waals surface area contributed by atoms with Crippen LogP contribution >= 0.6 is 7.60 Å². The predicted molar refractivity (Wildman–Crippen MR) is 164 cm³/mol. The molecule has 41 heavy (non-hydrogen) atoms. The minimum Gasteiger partial charge on any atom is -0.379 e. The normalized spacial score (nSPS) is 14.0. The first-order chi connectivity index (χ1) is 19.8. The number of fused-ring (bicyclic) bond motifs is 1. The van der Waals surface area contributed by atoms with Crippen molar-refractivity contribution in [3.8, 4) is 0 Å². The molecule has 2 unspecified atom stereocenters. The number of anilines is 1. The minimum absolute atomic E-state index is 0.0110. The van der Waals surface area contributed by atoms with E-state index in [-0.39, 0.29) is 31.2 Å². The monoisotopic (exact) mass is 599 g/mol. The van der Waals surface area contributed by atoms with Gasteiger partial charge in [0.1, 0.15) is 6.35 Å². The number of H-pyrrole nitrogens is 1. The van der Waals surface area contributed by atoms with Crippen LogP contribution in [0.2, 0.25) is 0 Å². The molecule has 0 bridgehead atoms. The molecule has 0 fully saturated rings. The van der Waals surface area contributed by atoms with Crippen LogP contribution in [0.25, 0.3) is 11.2 Å². The molecule has 0 aliphatic rings. The van der Waals surface area contributed by atoms with Gasteiger partial charge in [-0.05, 0) is 13.3 Å². The average Bonchev–Trinajstić information content (AvgIpc) is 3.33. The molecule has 11 nitrogen and oxygen atoms in total. The first kappa shape index (κ1) is 35.4. The molecule has 12 heteroatoms. The molecule has 2 heterocycles. The largest absolute Gasteiger partial charge is 0.379 e. The Morgan fingerprint density at radius 1 is 0.927 bits per heavy atom. The van der Waals surface area contributed by atoms with E-state index in [1.54, 1.807) is 11.5 Å². The highest BCUT2D eigenvalue weighted by molar-refractivity contribution is 7.52. The van der Waals surface area contributed by atoms with Crippen molar-refractivity contribution >= 4 is 24.7 Å². The fourth-order valence-electron chi connectivity index (χ4n) is 4.79. The molecule has 0 aliphatic heterocycles. The molecule has 0 saturated heterocycles. The predicted octanol–water partition coefficient (Wildman–Crippen LogP) is 6.54. The number of unbranched alkanes of at least 4 members (excludes halogenated alkanes) is 15. The van der Waals surface area contributed by atoms with Gasteiger partial charge in [-0.2, -0.15) is 4.98 Å². The zero-order valence-electron chi connectivity index (χ0n) is 25.4. The summed E-state index contributed by atoms with van der Waals surface area (Å²) in [6.45, 7) is 5.21. The fraction of sp³-hybridized carbons (Fsp3) is 0.828. The molecule has 0 amide bonds. The van der Waals surface area contributed by atoms with Crippen LogP contribution in [0.5, 0.6) is 0 Å². The molecule has 0 aromatic carbocycles. The van der Waals surface area contributed by atoms with Gasteiger partial charge in [0.05, 0.1) is 32.2 Å². The van der Waals surface area contributed by atoms with Crippen molar-refractivity contribution in [3.05, 3.63) is 16.7 Å². The number of hydrogen-bond acceptors (Lipinski definition) is 8. The molecular formula is C29H54N5O6P. The molecule has 0 spiro atoms. The van der Waals surface area contributed by atoms with Crippen LogP contribution in [0.15, 0.2) is 11.1 Å².